The number of fused-ring (bicyclic) bond motifs is 1. The summed E-state index contributed by atoms with van der Waals surface area (Å²) in [6, 6.07) is 20.3. The molecule has 3 rings (SSSR count). The lowest BCUT2D eigenvalue weighted by Crippen LogP contribution is -2.47. The number of carbonyl (C=O) groups is 2. The zero-order valence-electron chi connectivity index (χ0n) is 17.9. The first-order valence-corrected chi connectivity index (χ1v) is 10.6. The van der Waals surface area contributed by atoms with Crippen molar-refractivity contribution in [2.75, 3.05) is 6.61 Å². The highest BCUT2D eigenvalue weighted by Crippen LogP contribution is 2.21. The van der Waals surface area contributed by atoms with Crippen LogP contribution in [-0.2, 0) is 4.79 Å². The zero-order chi connectivity index (χ0) is 22.1. The van der Waals surface area contributed by atoms with E-state index in [1.54, 1.807) is 31.2 Å². The van der Waals surface area contributed by atoms with Gasteiger partial charge in [-0.2, -0.15) is 0 Å². The van der Waals surface area contributed by atoms with Gasteiger partial charge in [0.2, 0.25) is 0 Å². The number of carbonyl (C=O) groups excluding carboxylic acids is 2. The monoisotopic (exact) mass is 420 g/mol. The van der Waals surface area contributed by atoms with Gasteiger partial charge in [0.25, 0.3) is 11.8 Å². The molecule has 1 unspecified atom stereocenters. The fraction of sp³-hybridized carbons (Fsp3) is 0.280. The molecule has 3 aromatic carbocycles. The van der Waals surface area contributed by atoms with E-state index in [4.69, 9.17) is 9.47 Å². The molecule has 31 heavy (non-hydrogen) atoms. The third-order valence-corrected chi connectivity index (χ3v) is 4.84. The Morgan fingerprint density at radius 2 is 1.58 bits per heavy atom. The molecule has 2 amide bonds. The summed E-state index contributed by atoms with van der Waals surface area (Å²) in [6.45, 7) is 4.42. The second kappa shape index (κ2) is 11.0. The molecule has 0 fully saturated rings. The van der Waals surface area contributed by atoms with E-state index in [0.717, 1.165) is 30.0 Å². The van der Waals surface area contributed by atoms with Crippen LogP contribution in [0.3, 0.4) is 0 Å². The Bertz CT molecular complexity index is 1020. The van der Waals surface area contributed by atoms with Crippen LogP contribution >= 0.6 is 0 Å². The third kappa shape index (κ3) is 6.47. The van der Waals surface area contributed by atoms with Crippen molar-refractivity contribution in [2.24, 2.45) is 0 Å². The van der Waals surface area contributed by atoms with Crippen LogP contribution in [0.2, 0.25) is 0 Å². The van der Waals surface area contributed by atoms with E-state index in [2.05, 4.69) is 17.8 Å². The Hall–Kier alpha value is -3.54. The highest BCUT2D eigenvalue weighted by Gasteiger charge is 2.16. The fourth-order valence-corrected chi connectivity index (χ4v) is 3.04. The topological polar surface area (TPSA) is 76.7 Å². The molecule has 0 spiro atoms. The number of hydrazine groups is 1. The van der Waals surface area contributed by atoms with Crippen molar-refractivity contribution in [2.45, 2.75) is 39.2 Å². The second-order valence-electron chi connectivity index (χ2n) is 7.29. The lowest BCUT2D eigenvalue weighted by Gasteiger charge is -2.15. The Morgan fingerprint density at radius 3 is 2.32 bits per heavy atom. The van der Waals surface area contributed by atoms with Crippen molar-refractivity contribution in [3.8, 4) is 11.5 Å². The molecule has 0 aliphatic carbocycles. The van der Waals surface area contributed by atoms with Crippen LogP contribution in [0.5, 0.6) is 11.5 Å². The zero-order valence-corrected chi connectivity index (χ0v) is 17.9. The minimum absolute atomic E-state index is 0.413. The van der Waals surface area contributed by atoms with E-state index in [-0.39, 0.29) is 0 Å². The molecule has 3 aromatic rings. The summed E-state index contributed by atoms with van der Waals surface area (Å²) < 4.78 is 11.4. The van der Waals surface area contributed by atoms with E-state index >= 15 is 0 Å². The molecule has 1 atom stereocenters. The number of hydrogen-bond acceptors (Lipinski definition) is 4. The number of ether oxygens (including phenoxy) is 2. The van der Waals surface area contributed by atoms with Crippen LogP contribution in [0.25, 0.3) is 10.8 Å². The SMILES string of the molecule is CCCCCOc1ccc(C(=O)NNC(=O)C(C)Oc2ccc3ccccc3c2)cc1. The van der Waals surface area contributed by atoms with Crippen molar-refractivity contribution in [3.05, 3.63) is 72.3 Å². The van der Waals surface area contributed by atoms with Gasteiger partial charge >= 0.3 is 0 Å². The van der Waals surface area contributed by atoms with Gasteiger partial charge in [-0.05, 0) is 60.5 Å². The van der Waals surface area contributed by atoms with Crippen LogP contribution < -0.4 is 20.3 Å². The van der Waals surface area contributed by atoms with E-state index in [0.29, 0.717) is 23.7 Å². The minimum Gasteiger partial charge on any atom is -0.494 e. The summed E-state index contributed by atoms with van der Waals surface area (Å²) in [6.07, 6.45) is 2.49. The largest absolute Gasteiger partial charge is 0.494 e. The maximum absolute atomic E-state index is 12.3. The summed E-state index contributed by atoms with van der Waals surface area (Å²) in [5, 5.41) is 2.12. The van der Waals surface area contributed by atoms with Gasteiger partial charge in [-0.3, -0.25) is 20.4 Å². The Balaban J connectivity index is 1.47. The summed E-state index contributed by atoms with van der Waals surface area (Å²) >= 11 is 0. The van der Waals surface area contributed by atoms with Crippen LogP contribution in [0.15, 0.2) is 66.7 Å². The normalized spacial score (nSPS) is 11.5. The van der Waals surface area contributed by atoms with Crippen molar-refractivity contribution >= 4 is 22.6 Å². The molecule has 6 heteroatoms. The standard InChI is InChI=1S/C25H28N2O4/c1-3-4-7-16-30-22-13-11-20(12-14-22)25(29)27-26-24(28)18(2)31-23-15-10-19-8-5-6-9-21(19)17-23/h5-6,8-15,17-18H,3-4,7,16H2,1-2H3,(H,26,28)(H,27,29). The molecule has 162 valence electrons. The van der Waals surface area contributed by atoms with Gasteiger partial charge < -0.3 is 9.47 Å². The van der Waals surface area contributed by atoms with Crippen LogP contribution in [0.4, 0.5) is 0 Å². The van der Waals surface area contributed by atoms with E-state index < -0.39 is 17.9 Å². The number of unbranched alkanes of at least 4 members (excludes halogenated alkanes) is 2. The molecule has 0 radical (unpaired) electrons. The Kier molecular flexibility index (Phi) is 7.87. The number of amides is 2. The average Bonchev–Trinajstić information content (AvgIpc) is 2.80. The molecule has 0 saturated carbocycles. The molecule has 6 nitrogen and oxygen atoms in total. The molecule has 0 aliphatic rings. The predicted molar refractivity (Wildman–Crippen MR) is 121 cm³/mol. The van der Waals surface area contributed by atoms with E-state index in [1.165, 1.54) is 0 Å². The Morgan fingerprint density at radius 1 is 0.871 bits per heavy atom. The van der Waals surface area contributed by atoms with E-state index in [9.17, 15) is 9.59 Å². The van der Waals surface area contributed by atoms with Crippen LogP contribution in [-0.4, -0.2) is 24.5 Å². The third-order valence-electron chi connectivity index (χ3n) is 4.84. The molecule has 0 aliphatic heterocycles. The second-order valence-corrected chi connectivity index (χ2v) is 7.29. The van der Waals surface area contributed by atoms with Crippen molar-refractivity contribution in [1.82, 2.24) is 10.9 Å². The number of benzene rings is 3. The fourth-order valence-electron chi connectivity index (χ4n) is 3.04. The van der Waals surface area contributed by atoms with Gasteiger partial charge in [-0.15, -0.1) is 0 Å². The molecule has 0 saturated heterocycles. The maximum Gasteiger partial charge on any atom is 0.279 e. The minimum atomic E-state index is -0.777. The predicted octanol–water partition coefficient (Wildman–Crippen LogP) is 4.64. The molecule has 0 aromatic heterocycles. The van der Waals surface area contributed by atoms with Crippen molar-refractivity contribution in [3.63, 3.8) is 0 Å². The van der Waals surface area contributed by atoms with Crippen LogP contribution in [0.1, 0.15) is 43.5 Å². The molecule has 0 heterocycles. The highest BCUT2D eigenvalue weighted by atomic mass is 16.5. The molecular formula is C25H28N2O4. The Labute approximate surface area is 182 Å². The number of rotatable bonds is 9. The van der Waals surface area contributed by atoms with Gasteiger partial charge in [0.1, 0.15) is 11.5 Å². The smallest absolute Gasteiger partial charge is 0.279 e. The average molecular weight is 421 g/mol. The van der Waals surface area contributed by atoms with Gasteiger partial charge in [0, 0.05) is 5.56 Å². The summed E-state index contributed by atoms with van der Waals surface area (Å²) in [4.78, 5) is 24.6. The first-order valence-electron chi connectivity index (χ1n) is 10.6. The highest BCUT2D eigenvalue weighted by molar-refractivity contribution is 5.95. The summed E-state index contributed by atoms with van der Waals surface area (Å²) in [5.74, 6) is 0.442. The first-order chi connectivity index (χ1) is 15.1. The quantitative estimate of drug-likeness (QED) is 0.391. The summed E-state index contributed by atoms with van der Waals surface area (Å²) in [7, 11) is 0. The lowest BCUT2D eigenvalue weighted by atomic mass is 10.1. The van der Waals surface area contributed by atoms with Gasteiger partial charge in [0.15, 0.2) is 6.10 Å². The number of nitrogens with one attached hydrogen (secondary N) is 2. The molecular weight excluding hydrogens is 392 g/mol. The maximum atomic E-state index is 12.3. The van der Waals surface area contributed by atoms with Crippen molar-refractivity contribution in [1.29, 1.82) is 0 Å². The van der Waals surface area contributed by atoms with E-state index in [1.807, 2.05) is 42.5 Å². The molecule has 0 bridgehead atoms. The lowest BCUT2D eigenvalue weighted by molar-refractivity contribution is -0.128. The van der Waals surface area contributed by atoms with Crippen molar-refractivity contribution < 1.29 is 19.1 Å². The first kappa shape index (κ1) is 22.2. The molecule has 2 N–H and O–H groups in total. The number of hydrogen-bond donors (Lipinski definition) is 2. The van der Waals surface area contributed by atoms with Gasteiger partial charge in [0.05, 0.1) is 6.61 Å². The van der Waals surface area contributed by atoms with Gasteiger partial charge in [-0.1, -0.05) is 50.1 Å². The van der Waals surface area contributed by atoms with Crippen LogP contribution in [0, 0.1) is 0 Å². The summed E-state index contributed by atoms with van der Waals surface area (Å²) in [5.41, 5.74) is 5.24. The van der Waals surface area contributed by atoms with Gasteiger partial charge in [-0.25, -0.2) is 0 Å².